The third-order valence-electron chi connectivity index (χ3n) is 3.39. The van der Waals surface area contributed by atoms with Crippen LogP contribution in [0.4, 0.5) is 0 Å². The molecular formula is C12H17N3O3S. The highest BCUT2D eigenvalue weighted by Gasteiger charge is 2.28. The lowest BCUT2D eigenvalue weighted by Crippen LogP contribution is -2.44. The molecule has 1 aromatic heterocycles. The van der Waals surface area contributed by atoms with Crippen molar-refractivity contribution in [1.82, 2.24) is 15.3 Å². The van der Waals surface area contributed by atoms with Crippen LogP contribution in [0.2, 0.25) is 0 Å². The van der Waals surface area contributed by atoms with Crippen LogP contribution in [0.5, 0.6) is 0 Å². The van der Waals surface area contributed by atoms with Crippen molar-refractivity contribution in [3.63, 3.8) is 0 Å². The van der Waals surface area contributed by atoms with Gasteiger partial charge >= 0.3 is 5.97 Å². The van der Waals surface area contributed by atoms with Gasteiger partial charge in [-0.1, -0.05) is 12.8 Å². The minimum absolute atomic E-state index is 0.0436. The maximum absolute atomic E-state index is 12.1. The summed E-state index contributed by atoms with van der Waals surface area (Å²) in [6.07, 6.45) is 7.55. The van der Waals surface area contributed by atoms with Gasteiger partial charge in [0.2, 0.25) is 0 Å². The Kier molecular flexibility index (Phi) is 4.47. The molecule has 0 aliphatic heterocycles. The summed E-state index contributed by atoms with van der Waals surface area (Å²) < 4.78 is 0. The largest absolute Gasteiger partial charge is 0.477 e. The van der Waals surface area contributed by atoms with E-state index in [9.17, 15) is 9.59 Å². The number of imidazole rings is 1. The van der Waals surface area contributed by atoms with E-state index in [1.807, 2.05) is 6.26 Å². The fourth-order valence-electron chi connectivity index (χ4n) is 2.41. The molecule has 0 aromatic carbocycles. The molecule has 1 aliphatic rings. The van der Waals surface area contributed by atoms with Crippen molar-refractivity contribution in [3.05, 3.63) is 17.7 Å². The van der Waals surface area contributed by atoms with Crippen molar-refractivity contribution in [2.24, 2.45) is 0 Å². The Hall–Kier alpha value is -1.50. The molecule has 1 heterocycles. The number of carboxylic acid groups (broad SMARTS) is 1. The van der Waals surface area contributed by atoms with Crippen molar-refractivity contribution in [2.45, 2.75) is 37.0 Å². The molecule has 1 aliphatic carbocycles. The molecular weight excluding hydrogens is 266 g/mol. The summed E-state index contributed by atoms with van der Waals surface area (Å²) in [5.74, 6) is -1.59. The molecule has 1 saturated carbocycles. The fraction of sp³-hybridized carbons (Fsp3) is 0.583. The molecule has 1 aromatic rings. The number of aromatic nitrogens is 2. The lowest BCUT2D eigenvalue weighted by atomic mass is 9.94. The number of hydrogen-bond acceptors (Lipinski definition) is 4. The molecule has 2 unspecified atom stereocenters. The maximum atomic E-state index is 12.1. The number of carboxylic acids is 1. The molecule has 1 fully saturated rings. The van der Waals surface area contributed by atoms with Gasteiger partial charge in [-0.15, -0.1) is 0 Å². The number of thioether (sulfide) groups is 1. The smallest absolute Gasteiger partial charge is 0.354 e. The number of aromatic amines is 1. The van der Waals surface area contributed by atoms with Gasteiger partial charge in [0, 0.05) is 11.3 Å². The van der Waals surface area contributed by atoms with E-state index in [1.165, 1.54) is 12.7 Å². The number of amides is 1. The molecule has 104 valence electrons. The number of rotatable bonds is 4. The Morgan fingerprint density at radius 1 is 1.47 bits per heavy atom. The van der Waals surface area contributed by atoms with Crippen molar-refractivity contribution < 1.29 is 14.7 Å². The van der Waals surface area contributed by atoms with Gasteiger partial charge in [-0.3, -0.25) is 4.79 Å². The van der Waals surface area contributed by atoms with Crippen LogP contribution in [0.3, 0.4) is 0 Å². The Morgan fingerprint density at radius 3 is 2.89 bits per heavy atom. The third-order valence-corrected chi connectivity index (χ3v) is 4.56. The summed E-state index contributed by atoms with van der Waals surface area (Å²) in [6.45, 7) is 0. The van der Waals surface area contributed by atoms with E-state index in [2.05, 4.69) is 15.3 Å². The first kappa shape index (κ1) is 13.9. The van der Waals surface area contributed by atoms with Gasteiger partial charge in [0.15, 0.2) is 11.4 Å². The van der Waals surface area contributed by atoms with Crippen molar-refractivity contribution >= 4 is 23.6 Å². The topological polar surface area (TPSA) is 95.1 Å². The van der Waals surface area contributed by atoms with Crippen molar-refractivity contribution in [2.75, 3.05) is 6.26 Å². The van der Waals surface area contributed by atoms with Gasteiger partial charge in [-0.25, -0.2) is 9.78 Å². The minimum Gasteiger partial charge on any atom is -0.477 e. The quantitative estimate of drug-likeness (QED) is 0.778. The van der Waals surface area contributed by atoms with Gasteiger partial charge in [0.05, 0.1) is 6.33 Å². The maximum Gasteiger partial charge on any atom is 0.354 e. The van der Waals surface area contributed by atoms with Crippen LogP contribution in [0, 0.1) is 0 Å². The molecule has 0 radical (unpaired) electrons. The van der Waals surface area contributed by atoms with Crippen LogP contribution in [0.1, 0.15) is 46.7 Å². The van der Waals surface area contributed by atoms with E-state index in [4.69, 9.17) is 5.11 Å². The number of aromatic carboxylic acids is 1. The zero-order valence-electron chi connectivity index (χ0n) is 10.7. The molecule has 0 spiro atoms. The van der Waals surface area contributed by atoms with E-state index in [1.54, 1.807) is 11.8 Å². The van der Waals surface area contributed by atoms with Gasteiger partial charge in [-0.2, -0.15) is 11.8 Å². The summed E-state index contributed by atoms with van der Waals surface area (Å²) in [5.41, 5.74) is -0.202. The molecule has 0 saturated heterocycles. The van der Waals surface area contributed by atoms with Crippen molar-refractivity contribution in [1.29, 1.82) is 0 Å². The Morgan fingerprint density at radius 2 is 2.21 bits per heavy atom. The number of carbonyl (C=O) groups excluding carboxylic acids is 1. The third kappa shape index (κ3) is 3.09. The Labute approximate surface area is 115 Å². The SMILES string of the molecule is CSC1CCCCC1NC(=O)c1nc[nH]c1C(=O)O. The first-order valence-electron chi connectivity index (χ1n) is 6.23. The number of nitrogens with one attached hydrogen (secondary N) is 2. The van der Waals surface area contributed by atoms with Gasteiger partial charge in [-0.05, 0) is 19.1 Å². The van der Waals surface area contributed by atoms with Crippen LogP contribution >= 0.6 is 11.8 Å². The predicted octanol–water partition coefficient (Wildman–Crippen LogP) is 1.51. The molecule has 7 heteroatoms. The number of H-pyrrole nitrogens is 1. The highest BCUT2D eigenvalue weighted by atomic mass is 32.2. The summed E-state index contributed by atoms with van der Waals surface area (Å²) in [4.78, 5) is 29.3. The Balaban J connectivity index is 2.07. The van der Waals surface area contributed by atoms with Crippen LogP contribution < -0.4 is 5.32 Å². The standard InChI is InChI=1S/C12H17N3O3S/c1-19-8-5-3-2-4-7(8)15-11(16)9-10(12(17)18)14-6-13-9/h6-8H,2-5H2,1H3,(H,13,14)(H,15,16)(H,17,18). The van der Waals surface area contributed by atoms with E-state index in [0.29, 0.717) is 5.25 Å². The molecule has 2 rings (SSSR count). The van der Waals surface area contributed by atoms with Crippen LogP contribution in [-0.4, -0.2) is 44.5 Å². The summed E-state index contributed by atoms with van der Waals surface area (Å²) in [6, 6.07) is 0.0922. The lowest BCUT2D eigenvalue weighted by molar-refractivity contribution is 0.0684. The first-order chi connectivity index (χ1) is 9.13. The monoisotopic (exact) mass is 283 g/mol. The molecule has 1 amide bonds. The summed E-state index contributed by atoms with van der Waals surface area (Å²) >= 11 is 1.74. The van der Waals surface area contributed by atoms with E-state index in [0.717, 1.165) is 19.3 Å². The highest BCUT2D eigenvalue weighted by molar-refractivity contribution is 7.99. The molecule has 0 bridgehead atoms. The lowest BCUT2D eigenvalue weighted by Gasteiger charge is -2.30. The van der Waals surface area contributed by atoms with Crippen LogP contribution in [0.15, 0.2) is 6.33 Å². The molecule has 2 atom stereocenters. The number of hydrogen-bond donors (Lipinski definition) is 3. The summed E-state index contributed by atoms with van der Waals surface area (Å²) in [5, 5.41) is 12.3. The number of nitrogens with zero attached hydrogens (tertiary/aromatic N) is 1. The second-order valence-electron chi connectivity index (χ2n) is 4.57. The van der Waals surface area contributed by atoms with Crippen LogP contribution in [0.25, 0.3) is 0 Å². The summed E-state index contributed by atoms with van der Waals surface area (Å²) in [7, 11) is 0. The number of carbonyl (C=O) groups is 2. The van der Waals surface area contributed by atoms with E-state index < -0.39 is 11.9 Å². The van der Waals surface area contributed by atoms with E-state index >= 15 is 0 Å². The highest BCUT2D eigenvalue weighted by Crippen LogP contribution is 2.27. The van der Waals surface area contributed by atoms with E-state index in [-0.39, 0.29) is 17.4 Å². The Bertz CT molecular complexity index is 475. The van der Waals surface area contributed by atoms with Gasteiger partial charge in [0.25, 0.3) is 5.91 Å². The van der Waals surface area contributed by atoms with Gasteiger partial charge in [0.1, 0.15) is 0 Å². The normalized spacial score (nSPS) is 23.0. The average Bonchev–Trinajstić information content (AvgIpc) is 2.88. The minimum atomic E-state index is -1.17. The second-order valence-corrected chi connectivity index (χ2v) is 5.65. The molecule has 19 heavy (non-hydrogen) atoms. The zero-order chi connectivity index (χ0) is 13.8. The second kappa shape index (κ2) is 6.10. The molecule has 3 N–H and O–H groups in total. The average molecular weight is 283 g/mol. The zero-order valence-corrected chi connectivity index (χ0v) is 11.5. The molecule has 6 nitrogen and oxygen atoms in total. The van der Waals surface area contributed by atoms with Crippen LogP contribution in [-0.2, 0) is 0 Å². The fourth-order valence-corrected chi connectivity index (χ4v) is 3.35. The first-order valence-corrected chi connectivity index (χ1v) is 7.52. The van der Waals surface area contributed by atoms with Gasteiger partial charge < -0.3 is 15.4 Å². The van der Waals surface area contributed by atoms with Crippen molar-refractivity contribution in [3.8, 4) is 0 Å². The predicted molar refractivity (Wildman–Crippen MR) is 72.6 cm³/mol.